The number of hydrogen-bond acceptors (Lipinski definition) is 16. The first kappa shape index (κ1) is 52.5. The fourth-order valence-electron chi connectivity index (χ4n) is 5.07. The minimum Gasteiger partial charge on any atom is -0.444 e. The molecule has 0 aliphatic heterocycles. The molecule has 0 bridgehead atoms. The second-order valence-electron chi connectivity index (χ2n) is 13.6. The Morgan fingerprint density at radius 1 is 0.692 bits per heavy atom. The molecule has 0 aliphatic rings. The summed E-state index contributed by atoms with van der Waals surface area (Å²) in [6.07, 6.45) is -6.59. The molecular formula is C40H40F8N6O11. The van der Waals surface area contributed by atoms with Gasteiger partial charge in [0.25, 0.3) is 0 Å². The molecule has 2 atom stereocenters. The molecule has 0 saturated heterocycles. The molecule has 0 saturated carbocycles. The molecule has 0 spiro atoms. The maximum absolute atomic E-state index is 13.0. The summed E-state index contributed by atoms with van der Waals surface area (Å²) in [4.78, 5) is 55.4. The van der Waals surface area contributed by atoms with E-state index in [2.05, 4.69) is 30.0 Å². The molecule has 5 rings (SSSR count). The molecule has 0 aliphatic carbocycles. The third-order valence-electron chi connectivity index (χ3n) is 8.41. The van der Waals surface area contributed by atoms with Crippen LogP contribution in [0.4, 0.5) is 35.1 Å². The fourth-order valence-corrected chi connectivity index (χ4v) is 5.07. The van der Waals surface area contributed by atoms with Crippen molar-refractivity contribution in [3.63, 3.8) is 0 Å². The first-order chi connectivity index (χ1) is 30.5. The van der Waals surface area contributed by atoms with Crippen molar-refractivity contribution in [2.45, 2.75) is 95.7 Å². The van der Waals surface area contributed by atoms with Gasteiger partial charge in [-0.25, -0.2) is 28.3 Å². The molecular weight excluding hydrogens is 892 g/mol. The van der Waals surface area contributed by atoms with Gasteiger partial charge in [0.05, 0.1) is 12.2 Å². The van der Waals surface area contributed by atoms with Crippen molar-refractivity contribution in [1.82, 2.24) is 20.1 Å². The van der Waals surface area contributed by atoms with Crippen molar-refractivity contribution < 1.29 is 87.8 Å². The maximum Gasteiger partial charge on any atom is 0.491 e. The molecule has 2 unspecified atom stereocenters. The summed E-state index contributed by atoms with van der Waals surface area (Å²) in [5.74, 6) is -5.40. The summed E-state index contributed by atoms with van der Waals surface area (Å²) in [7, 11) is 0. The van der Waals surface area contributed by atoms with E-state index < -0.39 is 36.5 Å². The molecule has 3 aromatic heterocycles. The zero-order valence-corrected chi connectivity index (χ0v) is 33.9. The van der Waals surface area contributed by atoms with Gasteiger partial charge in [-0.1, -0.05) is 10.3 Å². The number of hydrogen-bond donors (Lipinski definition) is 4. The fraction of sp³-hybridized carbons (Fsp3) is 0.375. The number of carbonyl (C=O) groups is 4. The van der Waals surface area contributed by atoms with Crippen molar-refractivity contribution in [1.29, 1.82) is 0 Å². The van der Waals surface area contributed by atoms with Crippen LogP contribution in [0.3, 0.4) is 0 Å². The minimum atomic E-state index is -5.62. The van der Waals surface area contributed by atoms with E-state index in [9.17, 15) is 64.5 Å². The van der Waals surface area contributed by atoms with E-state index in [0.717, 1.165) is 0 Å². The van der Waals surface area contributed by atoms with Gasteiger partial charge in [0.15, 0.2) is 5.82 Å². The number of aromatic nitrogens is 4. The lowest BCUT2D eigenvalue weighted by Crippen LogP contribution is -2.34. The zero-order chi connectivity index (χ0) is 48.3. The Balaban J connectivity index is 0.000000275. The van der Waals surface area contributed by atoms with E-state index in [1.165, 1.54) is 48.9 Å². The number of aliphatic hydroxyl groups is 2. The van der Waals surface area contributed by atoms with E-state index >= 15 is 0 Å². The standard InChI is InChI=1S/C19H20FN3O4.C17H20FN3O4.C4F6O3/c1-12-21-18(23-27-12)10-9-15(24)3-2-4-17(25)16-11-26-19(22-16)13-5-7-14(20)8-6-13;18-12-6-4-11(5-7-12)17-20-14(10-25-17)15(23)3-1-2-13(22)8-9-16(19)21-24;5-3(6,7)1(11)13-2(12)4(8,9)10/h5-8,11,17,25H,2-4,9-10H2,1H3;4-7,10,15,23-24H,1-3,8-9H2,(H2,19,21);. The van der Waals surface area contributed by atoms with Gasteiger partial charge in [0, 0.05) is 56.6 Å². The quantitative estimate of drug-likeness (QED) is 0.0126. The third-order valence-corrected chi connectivity index (χ3v) is 8.41. The van der Waals surface area contributed by atoms with Crippen LogP contribution < -0.4 is 5.73 Å². The topological polar surface area (TPSA) is 268 Å². The molecule has 5 N–H and O–H groups in total. The van der Waals surface area contributed by atoms with Crippen LogP contribution in [-0.4, -0.2) is 77.2 Å². The number of ether oxygens (including phenoxy) is 1. The molecule has 0 amide bonds. The molecule has 2 aromatic carbocycles. The SMILES string of the molecule is Cc1nc(CCC(=O)CCCC(O)c2coc(-c3ccc(F)cc3)n2)no1.N/C(CCC(=O)CCCC(O)c1coc(-c2ccc(F)cc2)n1)=N\O.O=C(OC(=O)C(F)(F)F)C(F)(F)F. The number of aliphatic hydroxyl groups excluding tert-OH is 2. The Morgan fingerprint density at radius 2 is 1.12 bits per heavy atom. The number of carbonyl (C=O) groups excluding carboxylic acids is 4. The van der Waals surface area contributed by atoms with Gasteiger partial charge in [-0.15, -0.1) is 0 Å². The smallest absolute Gasteiger partial charge is 0.444 e. The number of nitrogens with two attached hydrogens (primary N) is 1. The van der Waals surface area contributed by atoms with Gasteiger partial charge in [0.1, 0.15) is 53.0 Å². The third kappa shape index (κ3) is 18.8. The number of Topliss-reactive ketones (excluding diaryl/α,β-unsaturated/α-hetero) is 2. The Labute approximate surface area is 362 Å². The molecule has 17 nitrogen and oxygen atoms in total. The Bertz CT molecular complexity index is 2300. The highest BCUT2D eigenvalue weighted by Crippen LogP contribution is 2.26. The number of oxazole rings is 2. The summed E-state index contributed by atoms with van der Waals surface area (Å²) >= 11 is 0. The Kier molecular flexibility index (Phi) is 20.0. The number of benzene rings is 2. The monoisotopic (exact) mass is 932 g/mol. The van der Waals surface area contributed by atoms with Gasteiger partial charge >= 0.3 is 24.3 Å². The number of nitrogens with zero attached hydrogens (tertiary/aromatic N) is 5. The van der Waals surface area contributed by atoms with Gasteiger partial charge in [-0.3, -0.25) is 9.59 Å². The Morgan fingerprint density at radius 3 is 1.51 bits per heavy atom. The van der Waals surface area contributed by atoms with Crippen molar-refractivity contribution in [3.05, 3.63) is 95.8 Å². The number of esters is 2. The normalized spacial score (nSPS) is 12.6. The van der Waals surface area contributed by atoms with Crippen molar-refractivity contribution in [2.75, 3.05) is 0 Å². The van der Waals surface area contributed by atoms with E-state index in [0.29, 0.717) is 97.4 Å². The van der Waals surface area contributed by atoms with Crippen LogP contribution in [0.25, 0.3) is 22.9 Å². The van der Waals surface area contributed by atoms with Gasteiger partial charge in [-0.05, 0) is 74.2 Å². The number of rotatable bonds is 18. The molecule has 65 heavy (non-hydrogen) atoms. The van der Waals surface area contributed by atoms with Crippen LogP contribution in [0.1, 0.15) is 93.1 Å². The van der Waals surface area contributed by atoms with Crippen LogP contribution in [0, 0.1) is 18.6 Å². The summed E-state index contributed by atoms with van der Waals surface area (Å²) in [5, 5.41) is 35.3. The number of oxime groups is 1. The molecule has 25 heteroatoms. The minimum absolute atomic E-state index is 0.0179. The second kappa shape index (κ2) is 24.8. The molecule has 352 valence electrons. The summed E-state index contributed by atoms with van der Waals surface area (Å²) < 4.78 is 111. The Hall–Kier alpha value is -6.89. The largest absolute Gasteiger partial charge is 0.491 e. The average Bonchev–Trinajstić information content (AvgIpc) is 4.05. The first-order valence-corrected chi connectivity index (χ1v) is 19.0. The summed E-state index contributed by atoms with van der Waals surface area (Å²) in [6.45, 7) is 1.70. The predicted molar refractivity (Wildman–Crippen MR) is 205 cm³/mol. The first-order valence-electron chi connectivity index (χ1n) is 19.0. The number of ketones is 2. The van der Waals surface area contributed by atoms with E-state index in [-0.39, 0.29) is 41.9 Å². The van der Waals surface area contributed by atoms with Crippen LogP contribution in [0.2, 0.25) is 0 Å². The van der Waals surface area contributed by atoms with Crippen LogP contribution >= 0.6 is 0 Å². The number of aryl methyl sites for hydroxylation is 2. The van der Waals surface area contributed by atoms with Crippen LogP contribution in [0.5, 0.6) is 0 Å². The van der Waals surface area contributed by atoms with Gasteiger partial charge in [-0.2, -0.15) is 31.3 Å². The molecule has 0 radical (unpaired) electrons. The average molecular weight is 933 g/mol. The maximum atomic E-state index is 13.0. The number of amidine groups is 1. The molecule has 5 aromatic rings. The van der Waals surface area contributed by atoms with Crippen LogP contribution in [0.15, 0.2) is 79.6 Å². The molecule has 0 fully saturated rings. The zero-order valence-electron chi connectivity index (χ0n) is 33.9. The lowest BCUT2D eigenvalue weighted by molar-refractivity contribution is -0.221. The van der Waals surface area contributed by atoms with Gasteiger partial charge in [0.2, 0.25) is 17.7 Å². The van der Waals surface area contributed by atoms with E-state index in [1.807, 2.05) is 0 Å². The lowest BCUT2D eigenvalue weighted by atomic mass is 10.1. The number of alkyl halides is 6. The highest BCUT2D eigenvalue weighted by molar-refractivity contribution is 5.91. The second-order valence-corrected chi connectivity index (χ2v) is 13.6. The predicted octanol–water partition coefficient (Wildman–Crippen LogP) is 7.54. The van der Waals surface area contributed by atoms with Crippen molar-refractivity contribution in [3.8, 4) is 22.9 Å². The lowest BCUT2D eigenvalue weighted by Gasteiger charge is -2.06. The van der Waals surface area contributed by atoms with Crippen molar-refractivity contribution >= 4 is 29.3 Å². The van der Waals surface area contributed by atoms with Gasteiger partial charge < -0.3 is 39.2 Å². The highest BCUT2D eigenvalue weighted by Gasteiger charge is 2.49. The van der Waals surface area contributed by atoms with E-state index in [1.54, 1.807) is 19.1 Å². The van der Waals surface area contributed by atoms with Crippen LogP contribution in [-0.2, 0) is 30.3 Å². The highest BCUT2D eigenvalue weighted by atomic mass is 19.4. The van der Waals surface area contributed by atoms with Crippen molar-refractivity contribution in [2.24, 2.45) is 10.9 Å². The summed E-state index contributed by atoms with van der Waals surface area (Å²) in [6, 6.07) is 11.4. The summed E-state index contributed by atoms with van der Waals surface area (Å²) in [5.41, 5.74) is 7.29. The number of halogens is 8. The van der Waals surface area contributed by atoms with E-state index in [4.69, 9.17) is 24.3 Å². The molecule has 3 heterocycles.